The second-order valence-electron chi connectivity index (χ2n) is 7.23. The van der Waals surface area contributed by atoms with E-state index in [0.717, 1.165) is 38.3 Å². The lowest BCUT2D eigenvalue weighted by Gasteiger charge is -2.36. The Bertz CT molecular complexity index is 743. The third-order valence-electron chi connectivity index (χ3n) is 4.49. The van der Waals surface area contributed by atoms with Crippen LogP contribution < -0.4 is 5.32 Å². The lowest BCUT2D eigenvalue weighted by Crippen LogP contribution is -2.45. The van der Waals surface area contributed by atoms with Gasteiger partial charge >= 0.3 is 0 Å². The first-order valence-electron chi connectivity index (χ1n) is 9.09. The molecule has 3 rings (SSSR count). The van der Waals surface area contributed by atoms with Crippen molar-refractivity contribution >= 4 is 11.9 Å². The fourth-order valence-corrected chi connectivity index (χ4v) is 3.27. The smallest absolute Gasteiger partial charge is 0.258 e. The lowest BCUT2D eigenvalue weighted by atomic mass is 10.0. The molecule has 1 unspecified atom stereocenters. The van der Waals surface area contributed by atoms with Crippen LogP contribution in [0.3, 0.4) is 0 Å². The second kappa shape index (κ2) is 8.42. The number of morpholine rings is 1. The van der Waals surface area contributed by atoms with Crippen molar-refractivity contribution in [2.75, 3.05) is 25.1 Å². The molecule has 0 bridgehead atoms. The zero-order valence-electron chi connectivity index (χ0n) is 15.7. The molecule has 1 aromatic heterocycles. The molecule has 1 fully saturated rings. The van der Waals surface area contributed by atoms with E-state index < -0.39 is 0 Å². The summed E-state index contributed by atoms with van der Waals surface area (Å²) in [4.78, 5) is 18.9. The first-order valence-corrected chi connectivity index (χ1v) is 9.09. The third-order valence-corrected chi connectivity index (χ3v) is 4.49. The van der Waals surface area contributed by atoms with Crippen molar-refractivity contribution in [3.05, 3.63) is 41.7 Å². The normalized spacial score (nSPS) is 18.2. The second-order valence-corrected chi connectivity index (χ2v) is 7.23. The maximum absolute atomic E-state index is 12.4. The monoisotopic (exact) mass is 357 g/mol. The van der Waals surface area contributed by atoms with Gasteiger partial charge in [0, 0.05) is 31.7 Å². The highest BCUT2D eigenvalue weighted by Gasteiger charge is 2.24. The Morgan fingerprint density at radius 2 is 2.27 bits per heavy atom. The van der Waals surface area contributed by atoms with Crippen LogP contribution in [0.1, 0.15) is 36.2 Å². The summed E-state index contributed by atoms with van der Waals surface area (Å²) in [5.41, 5.74) is 1.74. The van der Waals surface area contributed by atoms with Gasteiger partial charge in [0.2, 0.25) is 5.95 Å². The highest BCUT2D eigenvalue weighted by molar-refractivity contribution is 6.03. The van der Waals surface area contributed by atoms with Gasteiger partial charge in [-0.1, -0.05) is 26.0 Å². The van der Waals surface area contributed by atoms with Crippen molar-refractivity contribution in [1.82, 2.24) is 19.7 Å². The van der Waals surface area contributed by atoms with E-state index in [4.69, 9.17) is 4.74 Å². The fourth-order valence-electron chi connectivity index (χ4n) is 3.27. The predicted octanol–water partition coefficient (Wildman–Crippen LogP) is 2.31. The molecule has 2 heterocycles. The maximum Gasteiger partial charge on any atom is 0.258 e. The molecule has 1 amide bonds. The highest BCUT2D eigenvalue weighted by Crippen LogP contribution is 2.19. The number of amides is 1. The topological polar surface area (TPSA) is 72.3 Å². The van der Waals surface area contributed by atoms with Gasteiger partial charge < -0.3 is 4.74 Å². The van der Waals surface area contributed by atoms with Crippen molar-refractivity contribution in [2.45, 2.75) is 32.9 Å². The van der Waals surface area contributed by atoms with Crippen molar-refractivity contribution in [3.63, 3.8) is 0 Å². The van der Waals surface area contributed by atoms with Crippen LogP contribution in [0.25, 0.3) is 0 Å². The van der Waals surface area contributed by atoms with E-state index in [-0.39, 0.29) is 5.91 Å². The molecule has 1 aliphatic rings. The molecule has 1 atom stereocenters. The summed E-state index contributed by atoms with van der Waals surface area (Å²) >= 11 is 0. The summed E-state index contributed by atoms with van der Waals surface area (Å²) < 4.78 is 7.21. The van der Waals surface area contributed by atoms with Gasteiger partial charge in [-0.2, -0.15) is 0 Å². The highest BCUT2D eigenvalue weighted by atomic mass is 16.5. The predicted molar refractivity (Wildman–Crippen MR) is 99.9 cm³/mol. The number of nitrogens with zero attached hydrogens (tertiary/aromatic N) is 4. The number of hydrogen-bond donors (Lipinski definition) is 1. The van der Waals surface area contributed by atoms with Gasteiger partial charge in [-0.15, -0.1) is 5.10 Å². The van der Waals surface area contributed by atoms with Gasteiger partial charge in [-0.25, -0.2) is 4.98 Å². The summed E-state index contributed by atoms with van der Waals surface area (Å²) in [6.45, 7) is 7.77. The number of anilines is 1. The minimum atomic E-state index is -0.196. The van der Waals surface area contributed by atoms with E-state index in [1.165, 1.54) is 0 Å². The first kappa shape index (κ1) is 18.5. The van der Waals surface area contributed by atoms with Crippen LogP contribution in [0, 0.1) is 5.92 Å². The van der Waals surface area contributed by atoms with Crippen molar-refractivity contribution in [3.8, 4) is 0 Å². The molecule has 1 N–H and O–H groups in total. The average molecular weight is 357 g/mol. The Morgan fingerprint density at radius 3 is 3.00 bits per heavy atom. The lowest BCUT2D eigenvalue weighted by molar-refractivity contribution is -0.0186. The number of hydrogen-bond acceptors (Lipinski definition) is 5. The summed E-state index contributed by atoms with van der Waals surface area (Å²) in [5.74, 6) is 0.749. The van der Waals surface area contributed by atoms with Gasteiger partial charge in [0.15, 0.2) is 0 Å². The number of nitrogens with one attached hydrogen (secondary N) is 1. The van der Waals surface area contributed by atoms with Crippen molar-refractivity contribution < 1.29 is 9.53 Å². The minimum absolute atomic E-state index is 0.196. The van der Waals surface area contributed by atoms with Gasteiger partial charge in [0.1, 0.15) is 6.33 Å². The Hall–Kier alpha value is -2.25. The fraction of sp³-hybridized carbons (Fsp3) is 0.526. The zero-order chi connectivity index (χ0) is 18.5. The SMILES string of the molecule is CC(C)CC1COCCN1Cc1cccc(C(=O)Nc2ncn(C)n2)c1. The molecule has 140 valence electrons. The Morgan fingerprint density at radius 1 is 1.42 bits per heavy atom. The molecule has 0 aliphatic carbocycles. The number of carbonyl (C=O) groups is 1. The van der Waals surface area contributed by atoms with Crippen LogP contribution >= 0.6 is 0 Å². The Kier molecular flexibility index (Phi) is 6.00. The van der Waals surface area contributed by atoms with Crippen LogP contribution in [0.2, 0.25) is 0 Å². The van der Waals surface area contributed by atoms with E-state index in [1.54, 1.807) is 18.1 Å². The largest absolute Gasteiger partial charge is 0.378 e. The summed E-state index contributed by atoms with van der Waals surface area (Å²) in [6, 6.07) is 8.18. The molecule has 1 aromatic carbocycles. The molecule has 0 spiro atoms. The summed E-state index contributed by atoms with van der Waals surface area (Å²) in [5, 5.41) is 6.81. The Balaban J connectivity index is 1.67. The van der Waals surface area contributed by atoms with Gasteiger partial charge in [0.25, 0.3) is 5.91 Å². The number of carbonyl (C=O) groups excluding carboxylic acids is 1. The molecule has 1 aliphatic heterocycles. The van der Waals surface area contributed by atoms with Crippen LogP contribution in [0.4, 0.5) is 5.95 Å². The van der Waals surface area contributed by atoms with Crippen molar-refractivity contribution in [2.24, 2.45) is 13.0 Å². The quantitative estimate of drug-likeness (QED) is 0.859. The van der Waals surface area contributed by atoms with Gasteiger partial charge in [-0.3, -0.25) is 19.7 Å². The van der Waals surface area contributed by atoms with Gasteiger partial charge in [0.05, 0.1) is 13.2 Å². The number of aryl methyl sites for hydroxylation is 1. The minimum Gasteiger partial charge on any atom is -0.378 e. The number of ether oxygens (including phenoxy) is 1. The van der Waals surface area contributed by atoms with E-state index in [0.29, 0.717) is 23.5 Å². The number of benzene rings is 1. The van der Waals surface area contributed by atoms with Crippen LogP contribution in [-0.4, -0.2) is 51.4 Å². The van der Waals surface area contributed by atoms with Crippen molar-refractivity contribution in [1.29, 1.82) is 0 Å². The molecular formula is C19H27N5O2. The van der Waals surface area contributed by atoms with Crippen LogP contribution in [0.15, 0.2) is 30.6 Å². The standard InChI is InChI=1S/C19H27N5O2/c1-14(2)9-17-12-26-8-7-24(17)11-15-5-4-6-16(10-15)18(25)21-19-20-13-23(3)22-19/h4-6,10,13-14,17H,7-9,11-12H2,1-3H3,(H,21,22,25). The first-order chi connectivity index (χ1) is 12.5. The van der Waals surface area contributed by atoms with E-state index in [1.807, 2.05) is 18.2 Å². The van der Waals surface area contributed by atoms with E-state index >= 15 is 0 Å². The van der Waals surface area contributed by atoms with Gasteiger partial charge in [-0.05, 0) is 30.0 Å². The molecule has 0 saturated carbocycles. The molecule has 0 radical (unpaired) electrons. The molecule has 7 heteroatoms. The molecule has 2 aromatic rings. The Labute approximate surface area is 154 Å². The molecule has 7 nitrogen and oxygen atoms in total. The van der Waals surface area contributed by atoms with E-state index in [9.17, 15) is 4.79 Å². The van der Waals surface area contributed by atoms with Crippen LogP contribution in [0.5, 0.6) is 0 Å². The average Bonchev–Trinajstić information content (AvgIpc) is 3.01. The summed E-state index contributed by atoms with van der Waals surface area (Å²) in [6.07, 6.45) is 2.67. The summed E-state index contributed by atoms with van der Waals surface area (Å²) in [7, 11) is 1.76. The molecule has 1 saturated heterocycles. The number of aromatic nitrogens is 3. The number of rotatable bonds is 6. The zero-order valence-corrected chi connectivity index (χ0v) is 15.7. The molecular weight excluding hydrogens is 330 g/mol. The van der Waals surface area contributed by atoms with E-state index in [2.05, 4.69) is 40.2 Å². The molecule has 26 heavy (non-hydrogen) atoms. The maximum atomic E-state index is 12.4. The third kappa shape index (κ3) is 4.89. The van der Waals surface area contributed by atoms with Crippen LogP contribution in [-0.2, 0) is 18.3 Å².